The molecule has 18 heavy (non-hydrogen) atoms. The predicted octanol–water partition coefficient (Wildman–Crippen LogP) is 1.39. The third-order valence-corrected chi connectivity index (χ3v) is 3.89. The Kier molecular flexibility index (Phi) is 2.62. The molecular formula is C12H11N3O2S. The summed E-state index contributed by atoms with van der Waals surface area (Å²) in [5, 5.41) is 13.3. The van der Waals surface area contributed by atoms with Gasteiger partial charge in [-0.05, 0) is 23.1 Å². The van der Waals surface area contributed by atoms with Gasteiger partial charge in [0.05, 0.1) is 0 Å². The van der Waals surface area contributed by atoms with Gasteiger partial charge in [0.1, 0.15) is 11.1 Å². The van der Waals surface area contributed by atoms with Gasteiger partial charge in [-0.25, -0.2) is 0 Å². The van der Waals surface area contributed by atoms with Gasteiger partial charge in [0, 0.05) is 30.6 Å². The molecule has 0 aromatic carbocycles. The average molecular weight is 261 g/mol. The monoisotopic (exact) mass is 261 g/mol. The van der Waals surface area contributed by atoms with Crippen LogP contribution in [-0.2, 0) is 0 Å². The van der Waals surface area contributed by atoms with Crippen molar-refractivity contribution in [2.45, 2.75) is 6.23 Å². The van der Waals surface area contributed by atoms with E-state index in [1.165, 1.54) is 16.3 Å². The second-order valence-electron chi connectivity index (χ2n) is 4.02. The second kappa shape index (κ2) is 4.16. The van der Waals surface area contributed by atoms with Gasteiger partial charge in [0.2, 0.25) is 0 Å². The van der Waals surface area contributed by atoms with Crippen LogP contribution in [-0.4, -0.2) is 28.1 Å². The lowest BCUT2D eigenvalue weighted by atomic mass is 10.0. The Morgan fingerprint density at radius 1 is 1.44 bits per heavy atom. The molecule has 0 fully saturated rings. The number of hydrogen-bond acceptors (Lipinski definition) is 5. The van der Waals surface area contributed by atoms with Crippen molar-refractivity contribution in [2.24, 2.45) is 0 Å². The molecule has 0 radical (unpaired) electrons. The van der Waals surface area contributed by atoms with E-state index in [1.54, 1.807) is 19.4 Å². The Hall–Kier alpha value is -1.76. The van der Waals surface area contributed by atoms with Crippen LogP contribution in [0.5, 0.6) is 0 Å². The molecule has 1 aliphatic rings. The maximum absolute atomic E-state index is 12.0. The molecule has 2 aromatic rings. The molecule has 0 bridgehead atoms. The van der Waals surface area contributed by atoms with Gasteiger partial charge in [0.25, 0.3) is 5.91 Å². The van der Waals surface area contributed by atoms with Crippen LogP contribution in [0.2, 0.25) is 0 Å². The van der Waals surface area contributed by atoms with Crippen molar-refractivity contribution in [3.63, 3.8) is 0 Å². The van der Waals surface area contributed by atoms with E-state index in [1.807, 2.05) is 17.5 Å². The molecule has 1 atom stereocenters. The van der Waals surface area contributed by atoms with Crippen LogP contribution in [0.1, 0.15) is 21.5 Å². The fourth-order valence-electron chi connectivity index (χ4n) is 2.02. The molecule has 3 rings (SSSR count). The van der Waals surface area contributed by atoms with Crippen molar-refractivity contribution in [1.29, 1.82) is 0 Å². The predicted molar refractivity (Wildman–Crippen MR) is 67.7 cm³/mol. The second-order valence-corrected chi connectivity index (χ2v) is 4.90. The molecule has 0 aliphatic carbocycles. The standard InChI is InChI=1S/C12H11N3O2S/c1-15-12(17)10-9(11(16)14-15)8(6-18-10)7-2-4-13-5-3-7/h2-6,11,14,16H,1H3. The number of pyridine rings is 1. The smallest absolute Gasteiger partial charge is 0.278 e. The van der Waals surface area contributed by atoms with Crippen LogP contribution in [0.25, 0.3) is 11.1 Å². The summed E-state index contributed by atoms with van der Waals surface area (Å²) in [5.74, 6) is -0.124. The number of thiophene rings is 1. The molecule has 2 N–H and O–H groups in total. The molecule has 1 aliphatic heterocycles. The molecule has 92 valence electrons. The highest BCUT2D eigenvalue weighted by Gasteiger charge is 2.31. The lowest BCUT2D eigenvalue weighted by molar-refractivity contribution is 0.0277. The molecule has 0 saturated heterocycles. The van der Waals surface area contributed by atoms with E-state index in [2.05, 4.69) is 10.4 Å². The summed E-state index contributed by atoms with van der Waals surface area (Å²) in [7, 11) is 1.60. The lowest BCUT2D eigenvalue weighted by Gasteiger charge is -2.28. The van der Waals surface area contributed by atoms with E-state index in [-0.39, 0.29) is 5.91 Å². The van der Waals surface area contributed by atoms with Crippen molar-refractivity contribution in [3.05, 3.63) is 40.3 Å². The van der Waals surface area contributed by atoms with Gasteiger partial charge in [-0.3, -0.25) is 14.8 Å². The van der Waals surface area contributed by atoms with Gasteiger partial charge in [-0.15, -0.1) is 11.3 Å². The average Bonchev–Trinajstić information content (AvgIpc) is 2.82. The number of nitrogens with zero attached hydrogens (tertiary/aromatic N) is 2. The molecule has 0 saturated carbocycles. The summed E-state index contributed by atoms with van der Waals surface area (Å²) >= 11 is 1.35. The Bertz CT molecular complexity index is 597. The number of nitrogens with one attached hydrogen (secondary N) is 1. The zero-order valence-electron chi connectivity index (χ0n) is 9.62. The van der Waals surface area contributed by atoms with E-state index in [9.17, 15) is 9.90 Å². The fraction of sp³-hybridized carbons (Fsp3) is 0.167. The molecular weight excluding hydrogens is 250 g/mol. The molecule has 3 heterocycles. The number of hydrazine groups is 1. The van der Waals surface area contributed by atoms with Crippen molar-refractivity contribution in [1.82, 2.24) is 15.4 Å². The quantitative estimate of drug-likeness (QED) is 0.814. The van der Waals surface area contributed by atoms with Crippen LogP contribution in [0.4, 0.5) is 0 Å². The maximum atomic E-state index is 12.0. The van der Waals surface area contributed by atoms with Crippen LogP contribution in [0, 0.1) is 0 Å². The van der Waals surface area contributed by atoms with Crippen molar-refractivity contribution in [2.75, 3.05) is 7.05 Å². The number of aliphatic hydroxyl groups is 1. The summed E-state index contributed by atoms with van der Waals surface area (Å²) in [4.78, 5) is 16.5. The van der Waals surface area contributed by atoms with Crippen LogP contribution >= 0.6 is 11.3 Å². The molecule has 1 amide bonds. The molecule has 2 aromatic heterocycles. The first-order chi connectivity index (χ1) is 8.68. The van der Waals surface area contributed by atoms with E-state index in [0.717, 1.165) is 11.1 Å². The topological polar surface area (TPSA) is 65.5 Å². The molecule has 0 spiro atoms. The highest BCUT2D eigenvalue weighted by atomic mass is 32.1. The Morgan fingerprint density at radius 2 is 2.17 bits per heavy atom. The number of amides is 1. The molecule has 6 heteroatoms. The Labute approximate surface area is 108 Å². The first-order valence-electron chi connectivity index (χ1n) is 5.42. The van der Waals surface area contributed by atoms with Crippen molar-refractivity contribution in [3.8, 4) is 11.1 Å². The number of aromatic nitrogens is 1. The Morgan fingerprint density at radius 3 is 2.89 bits per heavy atom. The minimum Gasteiger partial charge on any atom is -0.373 e. The number of carbonyl (C=O) groups excluding carboxylic acids is 1. The number of hydrogen-bond donors (Lipinski definition) is 2. The van der Waals surface area contributed by atoms with E-state index in [0.29, 0.717) is 10.4 Å². The highest BCUT2D eigenvalue weighted by molar-refractivity contribution is 7.12. The SMILES string of the molecule is CN1NC(O)c2c(-c3ccncc3)csc2C1=O. The number of carbonyl (C=O) groups is 1. The summed E-state index contributed by atoms with van der Waals surface area (Å²) in [6.45, 7) is 0. The van der Waals surface area contributed by atoms with Crippen molar-refractivity contribution >= 4 is 17.2 Å². The van der Waals surface area contributed by atoms with Gasteiger partial charge < -0.3 is 5.11 Å². The fourth-order valence-corrected chi connectivity index (χ4v) is 3.10. The highest BCUT2D eigenvalue weighted by Crippen LogP contribution is 2.37. The summed E-state index contributed by atoms with van der Waals surface area (Å²) < 4.78 is 0. The Balaban J connectivity index is 2.16. The van der Waals surface area contributed by atoms with Crippen LogP contribution < -0.4 is 5.43 Å². The summed E-state index contributed by atoms with van der Waals surface area (Å²) in [6, 6.07) is 3.72. The zero-order valence-corrected chi connectivity index (χ0v) is 10.4. The van der Waals surface area contributed by atoms with Gasteiger partial charge in [-0.1, -0.05) is 0 Å². The van der Waals surface area contributed by atoms with Crippen molar-refractivity contribution < 1.29 is 9.90 Å². The summed E-state index contributed by atoms with van der Waals surface area (Å²) in [5.41, 5.74) is 5.18. The number of fused-ring (bicyclic) bond motifs is 1. The van der Waals surface area contributed by atoms with Gasteiger partial charge in [0.15, 0.2) is 0 Å². The normalized spacial score (nSPS) is 18.9. The van der Waals surface area contributed by atoms with Gasteiger partial charge in [-0.2, -0.15) is 5.43 Å². The van der Waals surface area contributed by atoms with E-state index in [4.69, 9.17) is 0 Å². The van der Waals surface area contributed by atoms with Crippen LogP contribution in [0.15, 0.2) is 29.9 Å². The minimum atomic E-state index is -0.864. The molecule has 5 nitrogen and oxygen atoms in total. The minimum absolute atomic E-state index is 0.124. The summed E-state index contributed by atoms with van der Waals surface area (Å²) in [6.07, 6.45) is 2.52. The van der Waals surface area contributed by atoms with Crippen LogP contribution in [0.3, 0.4) is 0 Å². The number of aliphatic hydroxyl groups excluding tert-OH is 1. The number of rotatable bonds is 1. The maximum Gasteiger partial charge on any atom is 0.278 e. The van der Waals surface area contributed by atoms with E-state index >= 15 is 0 Å². The first kappa shape index (κ1) is 11.3. The first-order valence-corrected chi connectivity index (χ1v) is 6.30. The van der Waals surface area contributed by atoms with Gasteiger partial charge >= 0.3 is 0 Å². The largest absolute Gasteiger partial charge is 0.373 e. The lowest BCUT2D eigenvalue weighted by Crippen LogP contribution is -2.46. The van der Waals surface area contributed by atoms with E-state index < -0.39 is 6.23 Å². The third kappa shape index (κ3) is 1.62. The molecule has 1 unspecified atom stereocenters. The zero-order chi connectivity index (χ0) is 12.7. The third-order valence-electron chi connectivity index (χ3n) is 2.91.